The average molecular weight is 560 g/mol. The van der Waals surface area contributed by atoms with E-state index in [1.54, 1.807) is 12.1 Å². The molecule has 7 N–H and O–H groups in total. The Morgan fingerprint density at radius 2 is 1.78 bits per heavy atom. The average Bonchev–Trinajstić information content (AvgIpc) is 3.73. The predicted molar refractivity (Wildman–Crippen MR) is 159 cm³/mol. The summed E-state index contributed by atoms with van der Waals surface area (Å²) in [5, 5.41) is 9.44. The van der Waals surface area contributed by atoms with Crippen LogP contribution in [0.15, 0.2) is 58.2 Å². The van der Waals surface area contributed by atoms with Gasteiger partial charge in [0.05, 0.1) is 11.4 Å². The highest BCUT2D eigenvalue weighted by Crippen LogP contribution is 2.39. The molecule has 216 valence electrons. The Kier molecular flexibility index (Phi) is 8.68. The maximum absolute atomic E-state index is 13.2. The van der Waals surface area contributed by atoms with Crippen molar-refractivity contribution in [1.29, 1.82) is 0 Å². The van der Waals surface area contributed by atoms with Crippen molar-refractivity contribution in [2.75, 3.05) is 47.8 Å². The molecule has 0 radical (unpaired) electrons. The summed E-state index contributed by atoms with van der Waals surface area (Å²) >= 11 is 0. The minimum Gasteiger partial charge on any atom is -0.448 e. The van der Waals surface area contributed by atoms with Gasteiger partial charge in [-0.25, -0.2) is 10.8 Å². The summed E-state index contributed by atoms with van der Waals surface area (Å²) in [7, 11) is 0. The minimum atomic E-state index is -0.374. The first-order valence-corrected chi connectivity index (χ1v) is 13.9. The molecule has 3 aromatic rings. The molecular weight excluding hydrogens is 522 g/mol. The van der Waals surface area contributed by atoms with E-state index in [0.29, 0.717) is 48.3 Å². The third kappa shape index (κ3) is 6.77. The second-order valence-corrected chi connectivity index (χ2v) is 10.4. The van der Waals surface area contributed by atoms with Crippen molar-refractivity contribution < 1.29 is 14.0 Å². The van der Waals surface area contributed by atoms with Crippen LogP contribution in [0.2, 0.25) is 0 Å². The molecule has 0 unspecified atom stereocenters. The summed E-state index contributed by atoms with van der Waals surface area (Å²) < 4.78 is 5.53. The second-order valence-electron chi connectivity index (χ2n) is 10.4. The number of piperazine rings is 1. The van der Waals surface area contributed by atoms with Crippen LogP contribution in [0, 0.1) is 6.92 Å². The Morgan fingerprint density at radius 3 is 2.46 bits per heavy atom. The highest BCUT2D eigenvalue weighted by molar-refractivity contribution is 6.06. The smallest absolute Gasteiger partial charge is 0.277 e. The third-order valence-electron chi connectivity index (χ3n) is 7.46. The fraction of sp³-hybridized carbons (Fsp3) is 0.379. The Hall–Kier alpha value is -4.58. The number of hydrogen-bond donors (Lipinski definition) is 5. The molecule has 2 fully saturated rings. The summed E-state index contributed by atoms with van der Waals surface area (Å²) in [5.74, 6) is 11.3. The molecule has 5 rings (SSSR count). The van der Waals surface area contributed by atoms with Crippen LogP contribution < -0.4 is 37.5 Å². The number of hydrogen-bond acceptors (Lipinski definition) is 9. The zero-order valence-electron chi connectivity index (χ0n) is 23.2. The Morgan fingerprint density at radius 1 is 1.05 bits per heavy atom. The van der Waals surface area contributed by atoms with Gasteiger partial charge in [-0.3, -0.25) is 9.59 Å². The van der Waals surface area contributed by atoms with Crippen LogP contribution in [0.25, 0.3) is 0 Å². The molecule has 1 aliphatic heterocycles. The molecule has 2 heterocycles. The number of nitrogens with one attached hydrogen (secondary N) is 3. The normalized spacial score (nSPS) is 15.5. The molecule has 12 heteroatoms. The summed E-state index contributed by atoms with van der Waals surface area (Å²) in [4.78, 5) is 35.2. The zero-order chi connectivity index (χ0) is 28.8. The van der Waals surface area contributed by atoms with E-state index in [1.807, 2.05) is 12.1 Å². The zero-order valence-corrected chi connectivity index (χ0v) is 23.2. The van der Waals surface area contributed by atoms with Crippen LogP contribution >= 0.6 is 0 Å². The van der Waals surface area contributed by atoms with E-state index in [1.165, 1.54) is 17.5 Å². The molecule has 0 atom stereocenters. The number of carbonyl (C=O) groups excluding carboxylic acids is 2. The highest BCUT2D eigenvalue weighted by atomic mass is 16.3. The Labute approximate surface area is 239 Å². The van der Waals surface area contributed by atoms with Crippen LogP contribution in [0.5, 0.6) is 0 Å². The number of benzene rings is 2. The lowest BCUT2D eigenvalue weighted by atomic mass is 10.1. The van der Waals surface area contributed by atoms with Gasteiger partial charge in [0.1, 0.15) is 12.1 Å². The molecule has 2 aromatic carbocycles. The van der Waals surface area contributed by atoms with E-state index in [0.717, 1.165) is 44.7 Å². The van der Waals surface area contributed by atoms with Crippen molar-refractivity contribution in [3.05, 3.63) is 71.4 Å². The van der Waals surface area contributed by atoms with Crippen molar-refractivity contribution in [1.82, 2.24) is 15.7 Å². The summed E-state index contributed by atoms with van der Waals surface area (Å²) in [6.45, 7) is 5.72. The van der Waals surface area contributed by atoms with Gasteiger partial charge in [-0.2, -0.15) is 5.10 Å². The highest BCUT2D eigenvalue weighted by Gasteiger charge is 2.30. The molecule has 1 aromatic heterocycles. The Bertz CT molecular complexity index is 1410. The van der Waals surface area contributed by atoms with Gasteiger partial charge in [0.2, 0.25) is 0 Å². The van der Waals surface area contributed by atoms with Crippen molar-refractivity contribution in [3.8, 4) is 0 Å². The quantitative estimate of drug-likeness (QED) is 0.0825. The molecule has 0 bridgehead atoms. The molecule has 2 aliphatic rings. The van der Waals surface area contributed by atoms with Gasteiger partial charge in [-0.1, -0.05) is 18.2 Å². The number of para-hydroxylation sites is 1. The van der Waals surface area contributed by atoms with E-state index in [-0.39, 0.29) is 17.5 Å². The maximum Gasteiger partial charge on any atom is 0.277 e. The molecule has 0 spiro atoms. The fourth-order valence-corrected chi connectivity index (χ4v) is 4.99. The molecule has 12 nitrogen and oxygen atoms in total. The number of carbonyl (C=O) groups is 2. The number of nitrogens with two attached hydrogens (primary N) is 2. The lowest BCUT2D eigenvalue weighted by molar-refractivity contribution is 0.0952. The second kappa shape index (κ2) is 12.7. The minimum absolute atomic E-state index is 0.225. The first-order valence-electron chi connectivity index (χ1n) is 13.9. The van der Waals surface area contributed by atoms with Crippen molar-refractivity contribution in [3.63, 3.8) is 0 Å². The largest absolute Gasteiger partial charge is 0.448 e. The van der Waals surface area contributed by atoms with Crippen LogP contribution in [0.3, 0.4) is 0 Å². The van der Waals surface area contributed by atoms with Gasteiger partial charge in [0.25, 0.3) is 11.8 Å². The van der Waals surface area contributed by atoms with E-state index in [4.69, 9.17) is 16.1 Å². The topological polar surface area (TPSA) is 167 Å². The molecule has 1 aliphatic carbocycles. The van der Waals surface area contributed by atoms with E-state index < -0.39 is 0 Å². The van der Waals surface area contributed by atoms with Crippen LogP contribution in [0.4, 0.5) is 17.1 Å². The number of nitrogens with zero attached hydrogens (tertiary/aromatic N) is 4. The number of oxazole rings is 1. The summed E-state index contributed by atoms with van der Waals surface area (Å²) in [5.41, 5.74) is 6.96. The molecular formula is C29H37N9O3. The van der Waals surface area contributed by atoms with Crippen molar-refractivity contribution in [2.24, 2.45) is 16.8 Å². The number of hydrazine groups is 1. The SMILES string of the molecule is Cc1ccccc1N1CCN(c2ccc(C(=O)NCCC/C(=N/N)NN)cc2NC(=O)c2coc(C3CC3)n2)CC1. The Balaban J connectivity index is 1.31. The van der Waals surface area contributed by atoms with E-state index >= 15 is 0 Å². The summed E-state index contributed by atoms with van der Waals surface area (Å²) in [6.07, 6.45) is 4.56. The number of amidine groups is 1. The van der Waals surface area contributed by atoms with Gasteiger partial charge >= 0.3 is 0 Å². The van der Waals surface area contributed by atoms with Gasteiger partial charge in [0, 0.05) is 56.3 Å². The monoisotopic (exact) mass is 559 g/mol. The lowest BCUT2D eigenvalue weighted by Crippen LogP contribution is -2.47. The predicted octanol–water partition coefficient (Wildman–Crippen LogP) is 2.68. The maximum atomic E-state index is 13.2. The van der Waals surface area contributed by atoms with E-state index in [9.17, 15) is 9.59 Å². The molecule has 2 amide bonds. The van der Waals surface area contributed by atoms with Gasteiger partial charge in [-0.05, 0) is 56.0 Å². The number of amides is 2. The standard InChI is InChI=1S/C29H37N9O3/c1-19-5-2-3-6-24(19)37-13-15-38(16-14-37)25-11-10-21(27(39)32-12-4-7-26(35-30)36-31)17-22(25)33-28(40)23-18-41-29(34-23)20-8-9-20/h2-3,5-6,10-11,17-18,20H,4,7-9,12-16,30-31H2,1H3,(H,32,39)(H,33,40)(H,35,36). The number of aromatic nitrogens is 1. The van der Waals surface area contributed by atoms with Gasteiger partial charge in [-0.15, -0.1) is 0 Å². The number of hydrazone groups is 1. The van der Waals surface area contributed by atoms with Crippen LogP contribution in [0.1, 0.15) is 63.9 Å². The van der Waals surface area contributed by atoms with Crippen LogP contribution in [-0.4, -0.2) is 55.4 Å². The van der Waals surface area contributed by atoms with Crippen molar-refractivity contribution in [2.45, 2.75) is 38.5 Å². The molecule has 1 saturated carbocycles. The molecule has 1 saturated heterocycles. The number of aryl methyl sites for hydroxylation is 1. The fourth-order valence-electron chi connectivity index (χ4n) is 4.99. The number of anilines is 3. The van der Waals surface area contributed by atoms with Crippen LogP contribution in [-0.2, 0) is 0 Å². The van der Waals surface area contributed by atoms with Crippen molar-refractivity contribution >= 4 is 34.7 Å². The lowest BCUT2D eigenvalue weighted by Gasteiger charge is -2.38. The van der Waals surface area contributed by atoms with Gasteiger partial charge < -0.3 is 36.1 Å². The first-order chi connectivity index (χ1) is 20.0. The first kappa shape index (κ1) is 28.0. The third-order valence-corrected chi connectivity index (χ3v) is 7.46. The van der Waals surface area contributed by atoms with Gasteiger partial charge in [0.15, 0.2) is 11.6 Å². The number of rotatable bonds is 10. The van der Waals surface area contributed by atoms with E-state index in [2.05, 4.69) is 61.1 Å². The summed E-state index contributed by atoms with van der Waals surface area (Å²) in [6, 6.07) is 13.8. The molecule has 41 heavy (non-hydrogen) atoms.